The Bertz CT molecular complexity index is 862. The number of benzene rings is 1. The smallest absolute Gasteiger partial charge is 0.227 e. The molecule has 0 saturated carbocycles. The molecule has 1 aliphatic heterocycles. The van der Waals surface area contributed by atoms with Crippen LogP contribution in [0.2, 0.25) is 0 Å². The van der Waals surface area contributed by atoms with Crippen molar-refractivity contribution in [2.24, 2.45) is 0 Å². The Morgan fingerprint density at radius 1 is 1.08 bits per heavy atom. The van der Waals surface area contributed by atoms with Gasteiger partial charge in [-0.25, -0.2) is 9.97 Å². The van der Waals surface area contributed by atoms with E-state index in [-0.39, 0.29) is 5.91 Å². The van der Waals surface area contributed by atoms with Gasteiger partial charge in [-0.05, 0) is 28.8 Å². The minimum absolute atomic E-state index is 0.195. The van der Waals surface area contributed by atoms with Gasteiger partial charge in [-0.2, -0.15) is 11.3 Å². The van der Waals surface area contributed by atoms with Gasteiger partial charge in [-0.15, -0.1) is 0 Å². The molecule has 25 heavy (non-hydrogen) atoms. The van der Waals surface area contributed by atoms with Crippen molar-refractivity contribution in [2.45, 2.75) is 19.3 Å². The average Bonchev–Trinajstić information content (AvgIpc) is 3.05. The summed E-state index contributed by atoms with van der Waals surface area (Å²) in [5, 5.41) is 4.06. The molecule has 0 spiro atoms. The minimum Gasteiger partial charge on any atom is -0.342 e. The fraction of sp³-hybridized carbons (Fsp3) is 0.250. The molecule has 1 aliphatic rings. The second-order valence-electron chi connectivity index (χ2n) is 6.20. The van der Waals surface area contributed by atoms with Crippen molar-refractivity contribution in [1.29, 1.82) is 0 Å². The van der Waals surface area contributed by atoms with Gasteiger partial charge >= 0.3 is 0 Å². The molecule has 5 heteroatoms. The molecule has 0 atom stereocenters. The third-order valence-corrected chi connectivity index (χ3v) is 5.35. The molecular formula is C20H19N3OS. The molecule has 0 N–H and O–H groups in total. The topological polar surface area (TPSA) is 46.1 Å². The second-order valence-corrected chi connectivity index (χ2v) is 6.98. The summed E-state index contributed by atoms with van der Waals surface area (Å²) in [6.45, 7) is 1.45. The lowest BCUT2D eigenvalue weighted by atomic mass is 10.0. The fourth-order valence-electron chi connectivity index (χ4n) is 3.30. The molecule has 0 aliphatic carbocycles. The summed E-state index contributed by atoms with van der Waals surface area (Å²) in [6.07, 6.45) is 3.71. The lowest BCUT2D eigenvalue weighted by Crippen LogP contribution is -2.34. The van der Waals surface area contributed by atoms with Crippen molar-refractivity contribution in [3.63, 3.8) is 0 Å². The van der Waals surface area contributed by atoms with Crippen LogP contribution in [-0.2, 0) is 24.1 Å². The van der Waals surface area contributed by atoms with Crippen LogP contribution in [0.15, 0.2) is 53.5 Å². The quantitative estimate of drug-likeness (QED) is 0.728. The maximum Gasteiger partial charge on any atom is 0.227 e. The van der Waals surface area contributed by atoms with Gasteiger partial charge in [-0.1, -0.05) is 30.3 Å². The van der Waals surface area contributed by atoms with E-state index in [9.17, 15) is 4.79 Å². The summed E-state index contributed by atoms with van der Waals surface area (Å²) < 4.78 is 0. The Kier molecular flexibility index (Phi) is 4.57. The van der Waals surface area contributed by atoms with Gasteiger partial charge < -0.3 is 4.90 Å². The highest BCUT2D eigenvalue weighted by Crippen LogP contribution is 2.25. The van der Waals surface area contributed by atoms with Crippen LogP contribution in [0.1, 0.15) is 16.8 Å². The van der Waals surface area contributed by atoms with Crippen LogP contribution >= 0.6 is 11.3 Å². The first kappa shape index (κ1) is 16.0. The van der Waals surface area contributed by atoms with Crippen LogP contribution in [0.4, 0.5) is 0 Å². The number of hydrogen-bond donors (Lipinski definition) is 0. The summed E-state index contributed by atoms with van der Waals surface area (Å²) in [5.41, 5.74) is 5.46. The summed E-state index contributed by atoms with van der Waals surface area (Å²) in [7, 11) is 0. The third-order valence-electron chi connectivity index (χ3n) is 4.62. The highest BCUT2D eigenvalue weighted by Gasteiger charge is 2.22. The number of aromatic nitrogens is 2. The third kappa shape index (κ3) is 3.46. The number of carbonyl (C=O) groups is 1. The molecule has 0 bridgehead atoms. The van der Waals surface area contributed by atoms with Crippen molar-refractivity contribution in [3.05, 3.63) is 70.3 Å². The molecule has 1 aromatic carbocycles. The average molecular weight is 349 g/mol. The molecule has 0 radical (unpaired) electrons. The van der Waals surface area contributed by atoms with E-state index in [2.05, 4.69) is 22.1 Å². The number of fused-ring (bicyclic) bond motifs is 1. The van der Waals surface area contributed by atoms with Gasteiger partial charge in [-0.3, -0.25) is 4.79 Å². The first-order valence-corrected chi connectivity index (χ1v) is 9.42. The first-order chi connectivity index (χ1) is 12.3. The van der Waals surface area contributed by atoms with Crippen molar-refractivity contribution < 1.29 is 4.79 Å². The number of nitrogens with zero attached hydrogens (tertiary/aromatic N) is 3. The zero-order chi connectivity index (χ0) is 17.1. The van der Waals surface area contributed by atoms with E-state index < -0.39 is 0 Å². The van der Waals surface area contributed by atoms with Crippen LogP contribution in [0.25, 0.3) is 11.3 Å². The normalized spacial score (nSPS) is 14.0. The minimum atomic E-state index is 0.195. The lowest BCUT2D eigenvalue weighted by molar-refractivity contribution is -0.130. The predicted molar refractivity (Wildman–Crippen MR) is 99.5 cm³/mol. The molecule has 3 aromatic rings. The predicted octanol–water partition coefficient (Wildman–Crippen LogP) is 3.38. The van der Waals surface area contributed by atoms with E-state index in [1.165, 1.54) is 5.56 Å². The number of amides is 1. The zero-order valence-electron chi connectivity index (χ0n) is 13.9. The van der Waals surface area contributed by atoms with Crippen molar-refractivity contribution in [2.75, 3.05) is 13.1 Å². The maximum atomic E-state index is 12.6. The number of rotatable bonds is 3. The molecule has 0 fully saturated rings. The molecular weight excluding hydrogens is 330 g/mol. The Hall–Kier alpha value is -2.53. The molecule has 0 unspecified atom stereocenters. The molecule has 4 rings (SSSR count). The van der Waals surface area contributed by atoms with E-state index in [1.54, 1.807) is 17.7 Å². The van der Waals surface area contributed by atoms with Crippen molar-refractivity contribution in [1.82, 2.24) is 14.9 Å². The van der Waals surface area contributed by atoms with Gasteiger partial charge in [0.05, 0.1) is 12.1 Å². The van der Waals surface area contributed by atoms with Crippen LogP contribution < -0.4 is 0 Å². The fourth-order valence-corrected chi connectivity index (χ4v) is 3.97. The Labute approximate surface area is 151 Å². The van der Waals surface area contributed by atoms with E-state index in [0.29, 0.717) is 6.42 Å². The molecule has 1 amide bonds. The van der Waals surface area contributed by atoms with Crippen molar-refractivity contribution in [3.8, 4) is 11.3 Å². The monoisotopic (exact) mass is 349 g/mol. The Balaban J connectivity index is 1.55. The van der Waals surface area contributed by atoms with E-state index in [4.69, 9.17) is 0 Å². The first-order valence-electron chi connectivity index (χ1n) is 8.48. The molecule has 126 valence electrons. The van der Waals surface area contributed by atoms with E-state index in [1.807, 2.05) is 39.9 Å². The number of hydrogen-bond acceptors (Lipinski definition) is 4. The zero-order valence-corrected chi connectivity index (χ0v) is 14.7. The Morgan fingerprint density at radius 2 is 1.92 bits per heavy atom. The highest BCUT2D eigenvalue weighted by atomic mass is 32.1. The molecule has 3 heterocycles. The second kappa shape index (κ2) is 7.15. The van der Waals surface area contributed by atoms with E-state index >= 15 is 0 Å². The molecule has 4 nitrogen and oxygen atoms in total. The SMILES string of the molecule is O=C(Cc1ccsc1)N1CCc2ncnc(-c3ccccc3)c2CC1. The molecule has 0 saturated heterocycles. The summed E-state index contributed by atoms with van der Waals surface area (Å²) in [6, 6.07) is 12.2. The largest absolute Gasteiger partial charge is 0.342 e. The van der Waals surface area contributed by atoms with Gasteiger partial charge in [0.25, 0.3) is 0 Å². The maximum absolute atomic E-state index is 12.6. The van der Waals surface area contributed by atoms with Crippen LogP contribution in [0.5, 0.6) is 0 Å². The van der Waals surface area contributed by atoms with Gasteiger partial charge in [0, 0.05) is 36.3 Å². The summed E-state index contributed by atoms with van der Waals surface area (Å²) in [5.74, 6) is 0.195. The van der Waals surface area contributed by atoms with Crippen LogP contribution in [-0.4, -0.2) is 33.9 Å². The van der Waals surface area contributed by atoms with E-state index in [0.717, 1.165) is 48.4 Å². The van der Waals surface area contributed by atoms with Crippen LogP contribution in [0, 0.1) is 0 Å². The molecule has 2 aromatic heterocycles. The lowest BCUT2D eigenvalue weighted by Gasteiger charge is -2.19. The van der Waals surface area contributed by atoms with Gasteiger partial charge in [0.15, 0.2) is 0 Å². The van der Waals surface area contributed by atoms with Crippen molar-refractivity contribution >= 4 is 17.2 Å². The van der Waals surface area contributed by atoms with Gasteiger partial charge in [0.1, 0.15) is 6.33 Å². The van der Waals surface area contributed by atoms with Gasteiger partial charge in [0.2, 0.25) is 5.91 Å². The number of carbonyl (C=O) groups excluding carboxylic acids is 1. The standard InChI is InChI=1S/C20H19N3OS/c24-19(12-15-8-11-25-13-15)23-9-6-17-18(7-10-23)21-14-22-20(17)16-4-2-1-3-5-16/h1-5,8,11,13-14H,6-7,9-10,12H2. The highest BCUT2D eigenvalue weighted by molar-refractivity contribution is 7.08. The Morgan fingerprint density at radius 3 is 2.72 bits per heavy atom. The summed E-state index contributed by atoms with van der Waals surface area (Å²) >= 11 is 1.63. The summed E-state index contributed by atoms with van der Waals surface area (Å²) in [4.78, 5) is 23.6. The number of thiophene rings is 1. The van der Waals surface area contributed by atoms with Crippen LogP contribution in [0.3, 0.4) is 0 Å².